The number of hydrogen-bond acceptors (Lipinski definition) is 2. The zero-order valence-corrected chi connectivity index (χ0v) is 11.4. The second kappa shape index (κ2) is 4.01. The average Bonchev–Trinajstić information content (AvgIpc) is 2.35. The van der Waals surface area contributed by atoms with Gasteiger partial charge in [0.15, 0.2) is 0 Å². The van der Waals surface area contributed by atoms with Crippen LogP contribution in [0.3, 0.4) is 0 Å². The Morgan fingerprint density at radius 3 is 2.69 bits per heavy atom. The van der Waals surface area contributed by atoms with Gasteiger partial charge in [-0.3, -0.25) is 0 Å². The van der Waals surface area contributed by atoms with Gasteiger partial charge in [-0.25, -0.2) is 4.98 Å². The van der Waals surface area contributed by atoms with Gasteiger partial charge in [0, 0.05) is 6.04 Å². The zero-order chi connectivity index (χ0) is 9.42. The van der Waals surface area contributed by atoms with Gasteiger partial charge in [0.05, 0.1) is 6.33 Å². The highest BCUT2D eigenvalue weighted by molar-refractivity contribution is 14.1. The van der Waals surface area contributed by atoms with Gasteiger partial charge in [0.1, 0.15) is 7.40 Å². The van der Waals surface area contributed by atoms with Crippen LogP contribution in [0.15, 0.2) is 6.33 Å². The molecular formula is C8H11I2N3. The van der Waals surface area contributed by atoms with Crippen molar-refractivity contribution in [2.45, 2.75) is 18.9 Å². The standard InChI is InChI=1S/C8H11I2N3/c9-7-8(10)13(4-12-7)6-2-1-5(6)3-11/h4-6H,1-3,11H2. The third kappa shape index (κ3) is 1.74. The van der Waals surface area contributed by atoms with Crippen molar-refractivity contribution in [2.24, 2.45) is 11.7 Å². The summed E-state index contributed by atoms with van der Waals surface area (Å²) in [5.74, 6) is 0.665. The fraction of sp³-hybridized carbons (Fsp3) is 0.625. The normalized spacial score (nSPS) is 27.3. The largest absolute Gasteiger partial charge is 0.330 e. The molecule has 3 nitrogen and oxygen atoms in total. The van der Waals surface area contributed by atoms with Crippen LogP contribution in [0.4, 0.5) is 0 Å². The van der Waals surface area contributed by atoms with Gasteiger partial charge < -0.3 is 10.3 Å². The van der Waals surface area contributed by atoms with Crippen LogP contribution < -0.4 is 5.73 Å². The van der Waals surface area contributed by atoms with E-state index in [1.807, 2.05) is 6.33 Å². The van der Waals surface area contributed by atoms with E-state index < -0.39 is 0 Å². The summed E-state index contributed by atoms with van der Waals surface area (Å²) in [7, 11) is 0. The SMILES string of the molecule is NCC1CCC1n1cnc(I)c1I. The van der Waals surface area contributed by atoms with Crippen LogP contribution in [0.25, 0.3) is 0 Å². The van der Waals surface area contributed by atoms with Crippen molar-refractivity contribution < 1.29 is 0 Å². The molecule has 13 heavy (non-hydrogen) atoms. The Bertz CT molecular complexity index is 308. The molecule has 0 bridgehead atoms. The van der Waals surface area contributed by atoms with Crippen molar-refractivity contribution in [3.05, 3.63) is 13.7 Å². The number of rotatable bonds is 2. The first-order valence-corrected chi connectivity index (χ1v) is 6.47. The van der Waals surface area contributed by atoms with Crippen LogP contribution in [0, 0.1) is 13.3 Å². The minimum atomic E-state index is 0.605. The van der Waals surface area contributed by atoms with Crippen LogP contribution in [0.5, 0.6) is 0 Å². The summed E-state index contributed by atoms with van der Waals surface area (Å²) >= 11 is 4.62. The van der Waals surface area contributed by atoms with Gasteiger partial charge in [-0.2, -0.15) is 0 Å². The summed E-state index contributed by atoms with van der Waals surface area (Å²) in [6, 6.07) is 0.605. The lowest BCUT2D eigenvalue weighted by molar-refractivity contribution is 0.186. The number of aromatic nitrogens is 2. The third-order valence-corrected chi connectivity index (χ3v) is 5.62. The van der Waals surface area contributed by atoms with E-state index in [0.717, 1.165) is 10.2 Å². The molecule has 1 heterocycles. The third-order valence-electron chi connectivity index (χ3n) is 2.73. The Balaban J connectivity index is 2.21. The second-order valence-corrected chi connectivity index (χ2v) is 5.42. The monoisotopic (exact) mass is 403 g/mol. The van der Waals surface area contributed by atoms with Crippen molar-refractivity contribution in [1.82, 2.24) is 9.55 Å². The van der Waals surface area contributed by atoms with E-state index in [1.165, 1.54) is 16.5 Å². The van der Waals surface area contributed by atoms with Gasteiger partial charge >= 0.3 is 0 Å². The topological polar surface area (TPSA) is 43.8 Å². The molecule has 0 radical (unpaired) electrons. The summed E-state index contributed by atoms with van der Waals surface area (Å²) in [6.07, 6.45) is 4.46. The molecular weight excluding hydrogens is 392 g/mol. The van der Waals surface area contributed by atoms with Crippen molar-refractivity contribution in [3.63, 3.8) is 0 Å². The molecule has 0 spiro atoms. The van der Waals surface area contributed by atoms with Crippen molar-refractivity contribution in [1.29, 1.82) is 0 Å². The maximum absolute atomic E-state index is 5.68. The molecule has 2 unspecified atom stereocenters. The van der Waals surface area contributed by atoms with E-state index in [2.05, 4.69) is 54.7 Å². The molecule has 1 aromatic rings. The first kappa shape index (κ1) is 10.2. The number of nitrogens with two attached hydrogens (primary N) is 1. The highest BCUT2D eigenvalue weighted by Crippen LogP contribution is 2.39. The van der Waals surface area contributed by atoms with Gasteiger partial charge in [-0.15, -0.1) is 0 Å². The fourth-order valence-corrected chi connectivity index (χ4v) is 2.77. The lowest BCUT2D eigenvalue weighted by atomic mass is 9.79. The van der Waals surface area contributed by atoms with E-state index in [9.17, 15) is 0 Å². The molecule has 0 aromatic carbocycles. The minimum absolute atomic E-state index is 0.605. The smallest absolute Gasteiger partial charge is 0.132 e. The minimum Gasteiger partial charge on any atom is -0.330 e. The van der Waals surface area contributed by atoms with Crippen LogP contribution >= 0.6 is 45.2 Å². The lowest BCUT2D eigenvalue weighted by Gasteiger charge is -2.37. The molecule has 5 heteroatoms. The predicted molar refractivity (Wildman–Crippen MR) is 68.5 cm³/mol. The van der Waals surface area contributed by atoms with E-state index in [0.29, 0.717) is 12.0 Å². The summed E-state index contributed by atoms with van der Waals surface area (Å²) in [5.41, 5.74) is 5.68. The predicted octanol–water partition coefficient (Wildman–Crippen LogP) is 2.00. The average molecular weight is 403 g/mol. The van der Waals surface area contributed by atoms with Crippen molar-refractivity contribution in [3.8, 4) is 0 Å². The van der Waals surface area contributed by atoms with Crippen LogP contribution in [-0.2, 0) is 0 Å². The number of halogens is 2. The first-order chi connectivity index (χ1) is 6.24. The van der Waals surface area contributed by atoms with Crippen molar-refractivity contribution >= 4 is 45.2 Å². The maximum atomic E-state index is 5.68. The lowest BCUT2D eigenvalue weighted by Crippen LogP contribution is -2.34. The fourth-order valence-electron chi connectivity index (χ4n) is 1.75. The van der Waals surface area contributed by atoms with Crippen LogP contribution in [0.1, 0.15) is 18.9 Å². The molecule has 1 fully saturated rings. The molecule has 1 saturated carbocycles. The Morgan fingerprint density at radius 1 is 1.54 bits per heavy atom. The van der Waals surface area contributed by atoms with E-state index in [1.54, 1.807) is 0 Å². The summed E-state index contributed by atoms with van der Waals surface area (Å²) in [5, 5.41) is 0. The zero-order valence-electron chi connectivity index (χ0n) is 7.08. The Kier molecular flexibility index (Phi) is 3.14. The maximum Gasteiger partial charge on any atom is 0.132 e. The number of imidazole rings is 1. The summed E-state index contributed by atoms with van der Waals surface area (Å²) in [4.78, 5) is 4.29. The molecule has 1 aliphatic carbocycles. The van der Waals surface area contributed by atoms with E-state index in [4.69, 9.17) is 5.73 Å². The van der Waals surface area contributed by atoms with Gasteiger partial charge in [0.25, 0.3) is 0 Å². The summed E-state index contributed by atoms with van der Waals surface area (Å²) in [6.45, 7) is 0.801. The van der Waals surface area contributed by atoms with Crippen LogP contribution in [-0.4, -0.2) is 16.1 Å². The van der Waals surface area contributed by atoms with Gasteiger partial charge in [-0.05, 0) is 70.5 Å². The molecule has 0 saturated heterocycles. The molecule has 0 amide bonds. The van der Waals surface area contributed by atoms with E-state index in [-0.39, 0.29) is 0 Å². The first-order valence-electron chi connectivity index (χ1n) is 4.32. The second-order valence-electron chi connectivity index (χ2n) is 3.37. The molecule has 2 N–H and O–H groups in total. The van der Waals surface area contributed by atoms with E-state index >= 15 is 0 Å². The van der Waals surface area contributed by atoms with Gasteiger partial charge in [0.2, 0.25) is 0 Å². The number of hydrogen-bond donors (Lipinski definition) is 1. The molecule has 1 aromatic heterocycles. The highest BCUT2D eigenvalue weighted by Gasteiger charge is 2.32. The quantitative estimate of drug-likeness (QED) is 0.769. The molecule has 0 aliphatic heterocycles. The van der Waals surface area contributed by atoms with Crippen LogP contribution in [0.2, 0.25) is 0 Å². The van der Waals surface area contributed by atoms with Gasteiger partial charge in [-0.1, -0.05) is 0 Å². The molecule has 72 valence electrons. The Labute approximate surface area is 105 Å². The Hall–Kier alpha value is 0.630. The Morgan fingerprint density at radius 2 is 2.31 bits per heavy atom. The number of nitrogens with zero attached hydrogens (tertiary/aromatic N) is 2. The van der Waals surface area contributed by atoms with Crippen molar-refractivity contribution in [2.75, 3.05) is 6.54 Å². The molecule has 2 rings (SSSR count). The highest BCUT2D eigenvalue weighted by atomic mass is 127. The molecule has 2 atom stereocenters. The molecule has 1 aliphatic rings. The summed E-state index contributed by atoms with van der Waals surface area (Å²) < 4.78 is 4.62.